The van der Waals surface area contributed by atoms with Gasteiger partial charge in [-0.1, -0.05) is 53.9 Å². The fourth-order valence-corrected chi connectivity index (χ4v) is 4.00. The summed E-state index contributed by atoms with van der Waals surface area (Å²) in [5, 5.41) is 3.96. The molecule has 0 radical (unpaired) electrons. The molecule has 0 aromatic heterocycles. The van der Waals surface area contributed by atoms with Gasteiger partial charge in [-0.3, -0.25) is 9.59 Å². The van der Waals surface area contributed by atoms with Crippen LogP contribution in [-0.4, -0.2) is 34.6 Å². The maximum atomic E-state index is 13.1. The molecule has 2 amide bonds. The van der Waals surface area contributed by atoms with Gasteiger partial charge < -0.3 is 10.2 Å². The summed E-state index contributed by atoms with van der Waals surface area (Å²) in [7, 11) is 0. The van der Waals surface area contributed by atoms with Gasteiger partial charge in [0.15, 0.2) is 0 Å². The first-order valence-corrected chi connectivity index (χ1v) is 11.7. The van der Waals surface area contributed by atoms with Crippen LogP contribution >= 0.6 is 35.0 Å². The summed E-state index contributed by atoms with van der Waals surface area (Å²) in [6.45, 7) is 7.95. The van der Waals surface area contributed by atoms with E-state index in [0.717, 1.165) is 16.9 Å². The van der Waals surface area contributed by atoms with Gasteiger partial charge >= 0.3 is 0 Å². The molecule has 2 rings (SSSR count). The molecule has 0 unspecified atom stereocenters. The molecule has 162 valence electrons. The van der Waals surface area contributed by atoms with E-state index in [9.17, 15) is 9.59 Å². The van der Waals surface area contributed by atoms with Gasteiger partial charge in [-0.2, -0.15) is 0 Å². The Morgan fingerprint density at radius 1 is 1.10 bits per heavy atom. The third-order valence-electron chi connectivity index (χ3n) is 4.91. The van der Waals surface area contributed by atoms with Gasteiger partial charge in [-0.15, -0.1) is 11.8 Å². The number of benzene rings is 2. The molecule has 2 aromatic rings. The number of carbonyl (C=O) groups is 2. The minimum Gasteiger partial charge on any atom is -0.352 e. The first-order chi connectivity index (χ1) is 14.2. The predicted octanol–water partition coefficient (Wildman–Crippen LogP) is 5.73. The van der Waals surface area contributed by atoms with Gasteiger partial charge in [0.1, 0.15) is 6.04 Å². The van der Waals surface area contributed by atoms with Gasteiger partial charge in [0, 0.05) is 27.5 Å². The summed E-state index contributed by atoms with van der Waals surface area (Å²) < 4.78 is 0. The Morgan fingerprint density at radius 3 is 2.37 bits per heavy atom. The number of hydrogen-bond acceptors (Lipinski definition) is 3. The second-order valence-electron chi connectivity index (χ2n) is 7.35. The average molecular weight is 467 g/mol. The van der Waals surface area contributed by atoms with Crippen molar-refractivity contribution in [3.63, 3.8) is 0 Å². The van der Waals surface area contributed by atoms with Gasteiger partial charge in [0.25, 0.3) is 0 Å². The third-order valence-corrected chi connectivity index (χ3v) is 6.49. The summed E-state index contributed by atoms with van der Waals surface area (Å²) in [4.78, 5) is 28.4. The summed E-state index contributed by atoms with van der Waals surface area (Å²) >= 11 is 13.8. The zero-order chi connectivity index (χ0) is 22.3. The Morgan fingerprint density at radius 2 is 1.77 bits per heavy atom. The maximum absolute atomic E-state index is 13.1. The van der Waals surface area contributed by atoms with Crippen LogP contribution in [0.25, 0.3) is 0 Å². The van der Waals surface area contributed by atoms with E-state index < -0.39 is 6.04 Å². The number of amides is 2. The van der Waals surface area contributed by atoms with Crippen molar-refractivity contribution < 1.29 is 9.59 Å². The lowest BCUT2D eigenvalue weighted by Gasteiger charge is -2.30. The van der Waals surface area contributed by atoms with Crippen LogP contribution < -0.4 is 5.32 Å². The predicted molar refractivity (Wildman–Crippen MR) is 126 cm³/mol. The highest BCUT2D eigenvalue weighted by molar-refractivity contribution is 8.00. The van der Waals surface area contributed by atoms with Crippen molar-refractivity contribution in [2.75, 3.05) is 5.75 Å². The van der Waals surface area contributed by atoms with Crippen LogP contribution in [0.2, 0.25) is 10.0 Å². The number of nitrogens with one attached hydrogen (secondary N) is 1. The number of rotatable bonds is 9. The third kappa shape index (κ3) is 7.22. The standard InChI is InChI=1S/C23H28Cl2N2O2S/c1-5-16(3)26-23(29)17(4)27(13-18-8-9-19(24)12-21(18)25)22(28)14-30-20-10-6-15(2)7-11-20/h6-12,16-17H,5,13-14H2,1-4H3,(H,26,29)/t16-,17+/m0/s1. The van der Waals surface area contributed by atoms with Crippen LogP contribution in [0.15, 0.2) is 47.4 Å². The second-order valence-corrected chi connectivity index (χ2v) is 9.25. The summed E-state index contributed by atoms with van der Waals surface area (Å²) in [5.41, 5.74) is 1.91. The lowest BCUT2D eigenvalue weighted by atomic mass is 10.1. The number of halogens is 2. The molecular weight excluding hydrogens is 439 g/mol. The van der Waals surface area contributed by atoms with Crippen molar-refractivity contribution in [2.45, 2.75) is 57.6 Å². The molecule has 30 heavy (non-hydrogen) atoms. The first-order valence-electron chi connectivity index (χ1n) is 9.94. The van der Waals surface area contributed by atoms with E-state index in [1.807, 2.05) is 45.0 Å². The van der Waals surface area contributed by atoms with Gasteiger partial charge in [-0.05, 0) is 57.0 Å². The lowest BCUT2D eigenvalue weighted by molar-refractivity contribution is -0.138. The van der Waals surface area contributed by atoms with Crippen molar-refractivity contribution >= 4 is 46.8 Å². The van der Waals surface area contributed by atoms with E-state index in [1.54, 1.807) is 30.0 Å². The molecule has 7 heteroatoms. The van der Waals surface area contributed by atoms with Crippen molar-refractivity contribution in [2.24, 2.45) is 0 Å². The Bertz CT molecular complexity index is 874. The Kier molecular flexibility index (Phi) is 9.53. The van der Waals surface area contributed by atoms with Crippen LogP contribution in [0.3, 0.4) is 0 Å². The van der Waals surface area contributed by atoms with Crippen LogP contribution in [0.1, 0.15) is 38.3 Å². The maximum Gasteiger partial charge on any atom is 0.242 e. The molecule has 0 fully saturated rings. The van der Waals surface area contributed by atoms with Crippen LogP contribution in [0.5, 0.6) is 0 Å². The minimum absolute atomic E-state index is 0.0398. The quantitative estimate of drug-likeness (QED) is 0.480. The highest BCUT2D eigenvalue weighted by atomic mass is 35.5. The largest absolute Gasteiger partial charge is 0.352 e. The highest BCUT2D eigenvalue weighted by Gasteiger charge is 2.27. The molecule has 0 heterocycles. The van der Waals surface area contributed by atoms with E-state index in [1.165, 1.54) is 17.3 Å². The van der Waals surface area contributed by atoms with Crippen molar-refractivity contribution in [3.8, 4) is 0 Å². The Labute approximate surface area is 193 Å². The Hall–Kier alpha value is -1.69. The molecule has 4 nitrogen and oxygen atoms in total. The number of aryl methyl sites for hydroxylation is 1. The van der Waals surface area contributed by atoms with E-state index >= 15 is 0 Å². The molecule has 2 atom stereocenters. The molecular formula is C23H28Cl2N2O2S. The number of carbonyl (C=O) groups excluding carboxylic acids is 2. The molecule has 2 aromatic carbocycles. The monoisotopic (exact) mass is 466 g/mol. The van der Waals surface area contributed by atoms with E-state index in [4.69, 9.17) is 23.2 Å². The summed E-state index contributed by atoms with van der Waals surface area (Å²) in [6, 6.07) is 12.6. The fourth-order valence-electron chi connectivity index (χ4n) is 2.74. The normalized spacial score (nSPS) is 12.9. The smallest absolute Gasteiger partial charge is 0.242 e. The van der Waals surface area contributed by atoms with Crippen LogP contribution in [-0.2, 0) is 16.1 Å². The Balaban J connectivity index is 2.18. The fraction of sp³-hybridized carbons (Fsp3) is 0.391. The molecule has 0 aliphatic rings. The lowest BCUT2D eigenvalue weighted by Crippen LogP contribution is -2.50. The van der Waals surface area contributed by atoms with E-state index in [0.29, 0.717) is 10.0 Å². The SMILES string of the molecule is CC[C@H](C)NC(=O)[C@@H](C)N(Cc1ccc(Cl)cc1Cl)C(=O)CSc1ccc(C)cc1. The summed E-state index contributed by atoms with van der Waals surface area (Å²) in [6.07, 6.45) is 0.818. The average Bonchev–Trinajstić information content (AvgIpc) is 2.72. The van der Waals surface area contributed by atoms with Gasteiger partial charge in [-0.25, -0.2) is 0 Å². The second kappa shape index (κ2) is 11.6. The molecule has 0 bridgehead atoms. The number of hydrogen-bond donors (Lipinski definition) is 1. The zero-order valence-corrected chi connectivity index (χ0v) is 20.1. The van der Waals surface area contributed by atoms with Crippen molar-refractivity contribution in [3.05, 3.63) is 63.6 Å². The molecule has 0 saturated heterocycles. The molecule has 0 saturated carbocycles. The molecule has 0 spiro atoms. The molecule has 0 aliphatic heterocycles. The number of thioether (sulfide) groups is 1. The van der Waals surface area contributed by atoms with Gasteiger partial charge in [0.2, 0.25) is 11.8 Å². The van der Waals surface area contributed by atoms with Crippen molar-refractivity contribution in [1.29, 1.82) is 0 Å². The molecule has 1 N–H and O–H groups in total. The minimum atomic E-state index is -0.628. The topological polar surface area (TPSA) is 49.4 Å². The van der Waals surface area contributed by atoms with Gasteiger partial charge in [0.05, 0.1) is 5.75 Å². The summed E-state index contributed by atoms with van der Waals surface area (Å²) in [5.74, 6) is -0.0728. The van der Waals surface area contributed by atoms with Crippen molar-refractivity contribution in [1.82, 2.24) is 10.2 Å². The zero-order valence-electron chi connectivity index (χ0n) is 17.7. The van der Waals surface area contributed by atoms with E-state index in [-0.39, 0.29) is 30.2 Å². The highest BCUT2D eigenvalue weighted by Crippen LogP contribution is 2.25. The first kappa shape index (κ1) is 24.6. The number of nitrogens with zero attached hydrogens (tertiary/aromatic N) is 1. The van der Waals surface area contributed by atoms with Crippen LogP contribution in [0.4, 0.5) is 0 Å². The van der Waals surface area contributed by atoms with Crippen LogP contribution in [0, 0.1) is 6.92 Å². The van der Waals surface area contributed by atoms with E-state index in [2.05, 4.69) is 5.32 Å². The molecule has 0 aliphatic carbocycles.